The predicted molar refractivity (Wildman–Crippen MR) is 134 cm³/mol. The molecule has 0 saturated carbocycles. The number of aromatic amines is 4. The number of nitrogens with one attached hydrogen (secondary N) is 4. The highest BCUT2D eigenvalue weighted by Crippen LogP contribution is 2.40. The van der Waals surface area contributed by atoms with E-state index in [0.29, 0.717) is 11.4 Å². The molecule has 5 heterocycles. The zero-order valence-corrected chi connectivity index (χ0v) is 21.0. The summed E-state index contributed by atoms with van der Waals surface area (Å²) in [6, 6.07) is 16.4. The Hall–Kier alpha value is -3.41. The fourth-order valence-electron chi connectivity index (χ4n) is 5.16. The summed E-state index contributed by atoms with van der Waals surface area (Å²) in [5.41, 5.74) is 5.38. The van der Waals surface area contributed by atoms with Crippen molar-refractivity contribution in [3.8, 4) is 0 Å². The quantitative estimate of drug-likeness (QED) is 0.253. The third-order valence-corrected chi connectivity index (χ3v) is 8.29. The van der Waals surface area contributed by atoms with E-state index in [1.807, 2.05) is 24.3 Å². The molecule has 6 nitrogen and oxygen atoms in total. The first-order valence-corrected chi connectivity index (χ1v) is 11.8. The topological polar surface area (TPSA) is 100 Å². The molecule has 8 bridgehead atoms. The summed E-state index contributed by atoms with van der Waals surface area (Å²) in [6.45, 7) is 14.8. The molecule has 1 aliphatic heterocycles. The number of carbonyl (C=O) groups is 1. The van der Waals surface area contributed by atoms with Crippen LogP contribution < -0.4 is 0 Å². The second kappa shape index (κ2) is 6.81. The van der Waals surface area contributed by atoms with E-state index in [0.717, 1.165) is 34.2 Å². The van der Waals surface area contributed by atoms with Gasteiger partial charge in [0.25, 0.3) is 0 Å². The first-order chi connectivity index (χ1) is 15.8. The maximum absolute atomic E-state index is 12.7. The molecule has 0 aromatic carbocycles. The molecule has 5 N–H and O–H groups in total. The van der Waals surface area contributed by atoms with Crippen molar-refractivity contribution >= 4 is 5.97 Å². The highest BCUT2D eigenvalue weighted by molar-refractivity contribution is 5.84. The number of carboxylic acids is 1. The van der Waals surface area contributed by atoms with E-state index < -0.39 is 11.4 Å². The third kappa shape index (κ3) is 2.90. The van der Waals surface area contributed by atoms with Crippen molar-refractivity contribution in [1.29, 1.82) is 0 Å². The van der Waals surface area contributed by atoms with E-state index in [1.165, 1.54) is 0 Å². The summed E-state index contributed by atoms with van der Waals surface area (Å²) in [5, 5.41) is 10.4. The summed E-state index contributed by atoms with van der Waals surface area (Å²) in [6.07, 6.45) is 0. The molecule has 4 aromatic rings. The lowest BCUT2D eigenvalue weighted by molar-refractivity contribution is -0.141. The van der Waals surface area contributed by atoms with E-state index in [1.54, 1.807) is 6.92 Å². The normalized spacial score (nSPS) is 19.6. The van der Waals surface area contributed by atoms with Crippen LogP contribution in [0.15, 0.2) is 48.5 Å². The van der Waals surface area contributed by atoms with Gasteiger partial charge in [-0.1, -0.05) is 0 Å². The van der Waals surface area contributed by atoms with Gasteiger partial charge in [-0.3, -0.25) is 4.79 Å². The van der Waals surface area contributed by atoms with Crippen molar-refractivity contribution in [2.75, 3.05) is 0 Å². The number of aliphatic carboxylic acids is 1. The van der Waals surface area contributed by atoms with Gasteiger partial charge in [-0.25, -0.2) is 0 Å². The molecule has 0 fully saturated rings. The molecule has 0 aliphatic carbocycles. The summed E-state index contributed by atoms with van der Waals surface area (Å²) in [5.74, 6) is -0.905. The zero-order valence-electron chi connectivity index (χ0n) is 21.0. The van der Waals surface area contributed by atoms with Crippen LogP contribution in [0.5, 0.6) is 0 Å². The second-order valence-electron chi connectivity index (χ2n) is 11.4. The first kappa shape index (κ1) is 22.4. The Morgan fingerprint density at radius 3 is 0.941 bits per heavy atom. The van der Waals surface area contributed by atoms with Crippen molar-refractivity contribution in [2.45, 2.75) is 70.1 Å². The molecular weight excluding hydrogens is 424 g/mol. The van der Waals surface area contributed by atoms with E-state index in [9.17, 15) is 9.90 Å². The summed E-state index contributed by atoms with van der Waals surface area (Å²) < 4.78 is 0. The maximum Gasteiger partial charge on any atom is 0.321 e. The highest BCUT2D eigenvalue weighted by atomic mass is 16.4. The third-order valence-electron chi connectivity index (χ3n) is 8.29. The zero-order chi connectivity index (χ0) is 24.7. The van der Waals surface area contributed by atoms with Gasteiger partial charge < -0.3 is 25.0 Å². The Labute approximate surface area is 200 Å². The molecule has 4 aromatic heterocycles. The van der Waals surface area contributed by atoms with Crippen LogP contribution in [-0.4, -0.2) is 31.0 Å². The van der Waals surface area contributed by atoms with Gasteiger partial charge in [0, 0.05) is 61.8 Å². The summed E-state index contributed by atoms with van der Waals surface area (Å²) >= 11 is 0. The number of H-pyrrole nitrogens is 4. The van der Waals surface area contributed by atoms with E-state index in [2.05, 4.69) is 85.7 Å². The number of rotatable bonds is 1. The lowest BCUT2D eigenvalue weighted by atomic mass is 9.83. The molecule has 178 valence electrons. The van der Waals surface area contributed by atoms with E-state index >= 15 is 0 Å². The number of hydrogen-bond donors (Lipinski definition) is 5. The molecule has 0 radical (unpaired) electrons. The number of fused-ring (bicyclic) bond motifs is 8. The van der Waals surface area contributed by atoms with Crippen molar-refractivity contribution in [3.05, 3.63) is 94.1 Å². The minimum atomic E-state index is -1.25. The standard InChI is InChI=1S/C28H34N4O2/c1-25(2)16-8-10-18(29-16)26(3,4)20-12-14-22(31-20)28(7,24(33)34)23-15-13-21(32-23)27(5,6)19-11-9-17(25)30-19/h8-15,29-32H,1-7H3,(H,33,34). The van der Waals surface area contributed by atoms with Crippen molar-refractivity contribution in [1.82, 2.24) is 19.9 Å². The van der Waals surface area contributed by atoms with E-state index in [4.69, 9.17) is 0 Å². The SMILES string of the molecule is CC1(C)c2ccc([nH]2)C(C)(C)c2ccc([nH]2)C(C)(C(=O)O)c2ccc([nH]2)C(C)(C)c2ccc1[nH]2. The smallest absolute Gasteiger partial charge is 0.321 e. The van der Waals surface area contributed by atoms with Crippen LogP contribution >= 0.6 is 0 Å². The van der Waals surface area contributed by atoms with Crippen LogP contribution in [0.4, 0.5) is 0 Å². The molecule has 0 atom stereocenters. The van der Waals surface area contributed by atoms with Gasteiger partial charge in [0.05, 0.1) is 0 Å². The molecule has 34 heavy (non-hydrogen) atoms. The van der Waals surface area contributed by atoms with Crippen molar-refractivity contribution < 1.29 is 9.90 Å². The van der Waals surface area contributed by atoms with Crippen LogP contribution in [0, 0.1) is 0 Å². The van der Waals surface area contributed by atoms with Crippen LogP contribution in [0.1, 0.15) is 94.0 Å². The Morgan fingerprint density at radius 2 is 0.706 bits per heavy atom. The Morgan fingerprint density at radius 1 is 0.500 bits per heavy atom. The highest BCUT2D eigenvalue weighted by Gasteiger charge is 2.42. The molecule has 5 rings (SSSR count). The van der Waals surface area contributed by atoms with Gasteiger partial charge in [0.1, 0.15) is 5.41 Å². The maximum atomic E-state index is 12.7. The number of aromatic nitrogens is 4. The molecule has 0 spiro atoms. The number of carboxylic acid groups (broad SMARTS) is 1. The van der Waals surface area contributed by atoms with Crippen LogP contribution in [0.2, 0.25) is 0 Å². The lowest BCUT2D eigenvalue weighted by Crippen LogP contribution is -2.35. The fourth-order valence-corrected chi connectivity index (χ4v) is 5.16. The van der Waals surface area contributed by atoms with Gasteiger partial charge in [0.2, 0.25) is 0 Å². The molecular formula is C28H34N4O2. The van der Waals surface area contributed by atoms with Gasteiger partial charge in [-0.05, 0) is 97.0 Å². The average Bonchev–Trinajstić information content (AvgIpc) is 3.57. The summed E-state index contributed by atoms with van der Waals surface area (Å²) in [4.78, 5) is 27.0. The van der Waals surface area contributed by atoms with Crippen LogP contribution in [-0.2, 0) is 26.5 Å². The van der Waals surface area contributed by atoms with Gasteiger partial charge >= 0.3 is 5.97 Å². The minimum absolute atomic E-state index is 0.247. The molecule has 6 heteroatoms. The molecule has 0 amide bonds. The monoisotopic (exact) mass is 458 g/mol. The van der Waals surface area contributed by atoms with Gasteiger partial charge in [-0.2, -0.15) is 0 Å². The Kier molecular flexibility index (Phi) is 4.48. The number of hydrogen-bond acceptors (Lipinski definition) is 1. The average molecular weight is 459 g/mol. The Balaban J connectivity index is 1.79. The van der Waals surface area contributed by atoms with Gasteiger partial charge in [0.15, 0.2) is 0 Å². The van der Waals surface area contributed by atoms with Crippen molar-refractivity contribution in [2.24, 2.45) is 0 Å². The predicted octanol–water partition coefficient (Wildman–Crippen LogP) is 5.68. The van der Waals surface area contributed by atoms with Crippen LogP contribution in [0.25, 0.3) is 0 Å². The summed E-state index contributed by atoms with van der Waals surface area (Å²) in [7, 11) is 0. The fraction of sp³-hybridized carbons (Fsp3) is 0.393. The molecule has 0 unspecified atom stereocenters. The van der Waals surface area contributed by atoms with Crippen molar-refractivity contribution in [3.63, 3.8) is 0 Å². The van der Waals surface area contributed by atoms with Gasteiger partial charge in [-0.15, -0.1) is 0 Å². The minimum Gasteiger partial charge on any atom is -0.480 e. The Bertz CT molecular complexity index is 1290. The first-order valence-electron chi connectivity index (χ1n) is 11.8. The van der Waals surface area contributed by atoms with Crippen LogP contribution in [0.3, 0.4) is 0 Å². The second-order valence-corrected chi connectivity index (χ2v) is 11.4. The molecule has 1 aliphatic rings. The lowest BCUT2D eigenvalue weighted by Gasteiger charge is -2.28. The molecule has 0 saturated heterocycles. The largest absolute Gasteiger partial charge is 0.480 e. The van der Waals surface area contributed by atoms with E-state index in [-0.39, 0.29) is 16.2 Å².